The molecule has 0 amide bonds. The molecule has 0 saturated heterocycles. The highest BCUT2D eigenvalue weighted by atomic mass is 19.1. The predicted molar refractivity (Wildman–Crippen MR) is 80.8 cm³/mol. The number of halogens is 1. The first-order valence-electron chi connectivity index (χ1n) is 7.09. The van der Waals surface area contributed by atoms with E-state index in [9.17, 15) is 9.50 Å². The van der Waals surface area contributed by atoms with Gasteiger partial charge in [0.2, 0.25) is 0 Å². The van der Waals surface area contributed by atoms with E-state index in [0.717, 1.165) is 24.1 Å². The molecule has 2 aromatic rings. The summed E-state index contributed by atoms with van der Waals surface area (Å²) in [7, 11) is 0. The first kappa shape index (κ1) is 15.3. The van der Waals surface area contributed by atoms with Crippen LogP contribution in [0.5, 0.6) is 11.5 Å². The highest BCUT2D eigenvalue weighted by Crippen LogP contribution is 2.20. The van der Waals surface area contributed by atoms with E-state index >= 15 is 0 Å². The zero-order valence-electron chi connectivity index (χ0n) is 12.1. The van der Waals surface area contributed by atoms with Gasteiger partial charge in [-0.05, 0) is 48.4 Å². The molecule has 0 radical (unpaired) electrons. The van der Waals surface area contributed by atoms with Crippen LogP contribution in [0.1, 0.15) is 24.5 Å². The van der Waals surface area contributed by atoms with Crippen LogP contribution in [0.25, 0.3) is 0 Å². The lowest BCUT2D eigenvalue weighted by Crippen LogP contribution is -2.13. The minimum absolute atomic E-state index is 0.175. The van der Waals surface area contributed by atoms with Gasteiger partial charge in [-0.25, -0.2) is 4.39 Å². The molecule has 112 valence electrons. The Morgan fingerprint density at radius 3 is 2.71 bits per heavy atom. The first-order chi connectivity index (χ1) is 10.2. The van der Waals surface area contributed by atoms with Crippen molar-refractivity contribution >= 4 is 0 Å². The molecule has 0 saturated carbocycles. The zero-order valence-corrected chi connectivity index (χ0v) is 12.1. The summed E-state index contributed by atoms with van der Waals surface area (Å²) in [5, 5.41) is 12.6. The zero-order chi connectivity index (χ0) is 15.1. The molecule has 0 aliphatic carbocycles. The third-order valence-corrected chi connectivity index (χ3v) is 3.06. The fourth-order valence-electron chi connectivity index (χ4n) is 1.99. The average molecular weight is 289 g/mol. The molecule has 2 rings (SSSR count). The SMILES string of the molecule is CCCNCc1ccc(OCc2cccc(O)c2)c(F)c1. The molecule has 3 nitrogen and oxygen atoms in total. The van der Waals surface area contributed by atoms with Crippen LogP contribution in [-0.4, -0.2) is 11.7 Å². The summed E-state index contributed by atoms with van der Waals surface area (Å²) in [6, 6.07) is 11.7. The predicted octanol–water partition coefficient (Wildman–Crippen LogP) is 3.61. The topological polar surface area (TPSA) is 41.5 Å². The van der Waals surface area contributed by atoms with Crippen molar-refractivity contribution in [3.05, 3.63) is 59.4 Å². The van der Waals surface area contributed by atoms with Gasteiger partial charge < -0.3 is 15.2 Å². The van der Waals surface area contributed by atoms with Crippen molar-refractivity contribution in [2.45, 2.75) is 26.5 Å². The molecule has 21 heavy (non-hydrogen) atoms. The first-order valence-corrected chi connectivity index (χ1v) is 7.09. The van der Waals surface area contributed by atoms with Gasteiger partial charge in [0, 0.05) is 6.54 Å². The number of aromatic hydroxyl groups is 1. The second-order valence-corrected chi connectivity index (χ2v) is 4.90. The highest BCUT2D eigenvalue weighted by Gasteiger charge is 2.05. The lowest BCUT2D eigenvalue weighted by Gasteiger charge is -2.09. The second-order valence-electron chi connectivity index (χ2n) is 4.90. The number of phenols is 1. The minimum Gasteiger partial charge on any atom is -0.508 e. The monoisotopic (exact) mass is 289 g/mol. The quantitative estimate of drug-likeness (QED) is 0.765. The Morgan fingerprint density at radius 1 is 1.14 bits per heavy atom. The summed E-state index contributed by atoms with van der Waals surface area (Å²) in [4.78, 5) is 0. The number of nitrogens with one attached hydrogen (secondary N) is 1. The van der Waals surface area contributed by atoms with Crippen molar-refractivity contribution in [1.29, 1.82) is 0 Å². The van der Waals surface area contributed by atoms with Gasteiger partial charge in [-0.3, -0.25) is 0 Å². The van der Waals surface area contributed by atoms with Gasteiger partial charge in [-0.15, -0.1) is 0 Å². The van der Waals surface area contributed by atoms with Crippen LogP contribution < -0.4 is 10.1 Å². The largest absolute Gasteiger partial charge is 0.508 e. The van der Waals surface area contributed by atoms with Crippen LogP contribution in [0, 0.1) is 5.82 Å². The molecule has 0 aliphatic rings. The van der Waals surface area contributed by atoms with E-state index in [1.54, 1.807) is 24.3 Å². The molecule has 2 aromatic carbocycles. The molecule has 0 atom stereocenters. The molecule has 0 aromatic heterocycles. The number of hydrogen-bond donors (Lipinski definition) is 2. The van der Waals surface area contributed by atoms with E-state index in [1.165, 1.54) is 6.07 Å². The molecule has 2 N–H and O–H groups in total. The molecule has 0 fully saturated rings. The molecule has 0 spiro atoms. The van der Waals surface area contributed by atoms with Crippen molar-refractivity contribution in [1.82, 2.24) is 5.32 Å². The number of phenolic OH excluding ortho intramolecular Hbond substituents is 1. The summed E-state index contributed by atoms with van der Waals surface area (Å²) in [6.07, 6.45) is 1.05. The van der Waals surface area contributed by atoms with Gasteiger partial charge in [-0.2, -0.15) is 0 Å². The van der Waals surface area contributed by atoms with Crippen molar-refractivity contribution < 1.29 is 14.2 Å². The van der Waals surface area contributed by atoms with Crippen LogP contribution >= 0.6 is 0 Å². The molecule has 0 aliphatic heterocycles. The van der Waals surface area contributed by atoms with Crippen molar-refractivity contribution in [3.8, 4) is 11.5 Å². The summed E-state index contributed by atoms with van der Waals surface area (Å²) >= 11 is 0. The van der Waals surface area contributed by atoms with E-state index < -0.39 is 0 Å². The lowest BCUT2D eigenvalue weighted by molar-refractivity contribution is 0.289. The third-order valence-electron chi connectivity index (χ3n) is 3.06. The maximum Gasteiger partial charge on any atom is 0.165 e. The Morgan fingerprint density at radius 2 is 2.00 bits per heavy atom. The molecule has 4 heteroatoms. The van der Waals surface area contributed by atoms with Crippen molar-refractivity contribution in [2.24, 2.45) is 0 Å². The fraction of sp³-hybridized carbons (Fsp3) is 0.294. The summed E-state index contributed by atoms with van der Waals surface area (Å²) in [5.74, 6) is 0.0254. The highest BCUT2D eigenvalue weighted by molar-refractivity contribution is 5.31. The Hall–Kier alpha value is -2.07. The van der Waals surface area contributed by atoms with E-state index in [2.05, 4.69) is 12.2 Å². The summed E-state index contributed by atoms with van der Waals surface area (Å²) in [6.45, 7) is 3.87. The van der Waals surface area contributed by atoms with Crippen LogP contribution in [-0.2, 0) is 13.2 Å². The smallest absolute Gasteiger partial charge is 0.165 e. The molecule has 0 unspecified atom stereocenters. The van der Waals surface area contributed by atoms with Gasteiger partial charge in [0.1, 0.15) is 12.4 Å². The average Bonchev–Trinajstić information content (AvgIpc) is 2.47. The third kappa shape index (κ3) is 4.76. The lowest BCUT2D eigenvalue weighted by atomic mass is 10.2. The maximum atomic E-state index is 13.9. The van der Waals surface area contributed by atoms with Crippen LogP contribution in [0.4, 0.5) is 4.39 Å². The number of hydrogen-bond acceptors (Lipinski definition) is 3. The van der Waals surface area contributed by atoms with Gasteiger partial charge in [0.15, 0.2) is 11.6 Å². The van der Waals surface area contributed by atoms with Gasteiger partial charge in [-0.1, -0.05) is 25.1 Å². The Labute approximate surface area is 124 Å². The summed E-state index contributed by atoms with van der Waals surface area (Å²) < 4.78 is 19.4. The van der Waals surface area contributed by atoms with E-state index in [1.807, 2.05) is 12.1 Å². The van der Waals surface area contributed by atoms with Gasteiger partial charge >= 0.3 is 0 Å². The number of ether oxygens (including phenoxy) is 1. The van der Waals surface area contributed by atoms with Gasteiger partial charge in [0.25, 0.3) is 0 Å². The van der Waals surface area contributed by atoms with Crippen LogP contribution in [0.15, 0.2) is 42.5 Å². The molecular weight excluding hydrogens is 269 g/mol. The van der Waals surface area contributed by atoms with Crippen LogP contribution in [0.2, 0.25) is 0 Å². The molecule has 0 heterocycles. The van der Waals surface area contributed by atoms with E-state index in [4.69, 9.17) is 4.74 Å². The van der Waals surface area contributed by atoms with Crippen molar-refractivity contribution in [2.75, 3.05) is 6.54 Å². The normalized spacial score (nSPS) is 10.6. The second kappa shape index (κ2) is 7.64. The van der Waals surface area contributed by atoms with Gasteiger partial charge in [0.05, 0.1) is 0 Å². The molecule has 0 bridgehead atoms. The fourth-order valence-corrected chi connectivity index (χ4v) is 1.99. The minimum atomic E-state index is -0.369. The number of benzene rings is 2. The Bertz CT molecular complexity index is 587. The summed E-state index contributed by atoms with van der Waals surface area (Å²) in [5.41, 5.74) is 1.69. The maximum absolute atomic E-state index is 13.9. The molecular formula is C17H20FNO2. The Balaban J connectivity index is 1.94. The Kier molecular flexibility index (Phi) is 5.58. The number of rotatable bonds is 7. The standard InChI is InChI=1S/C17H20FNO2/c1-2-8-19-11-13-6-7-17(16(18)10-13)21-12-14-4-3-5-15(20)9-14/h3-7,9-10,19-20H,2,8,11-12H2,1H3. The van der Waals surface area contributed by atoms with Crippen LogP contribution in [0.3, 0.4) is 0 Å². The van der Waals surface area contributed by atoms with E-state index in [-0.39, 0.29) is 23.9 Å². The van der Waals surface area contributed by atoms with Crippen molar-refractivity contribution in [3.63, 3.8) is 0 Å². The van der Waals surface area contributed by atoms with E-state index in [0.29, 0.717) is 6.54 Å².